The molecule has 0 amide bonds. The van der Waals surface area contributed by atoms with Crippen LogP contribution in [0.1, 0.15) is 16.3 Å². The molecule has 2 heterocycles. The first-order valence-corrected chi connectivity index (χ1v) is 6.72. The van der Waals surface area contributed by atoms with Gasteiger partial charge in [-0.05, 0) is 18.4 Å². The summed E-state index contributed by atoms with van der Waals surface area (Å²) in [7, 11) is 1.85. The third-order valence-electron chi connectivity index (χ3n) is 2.71. The molecular formula is C12H15ClN2OS. The van der Waals surface area contributed by atoms with Gasteiger partial charge in [0.2, 0.25) is 0 Å². The molecule has 2 rings (SSSR count). The molecule has 0 aliphatic heterocycles. The van der Waals surface area contributed by atoms with Crippen LogP contribution in [0.5, 0.6) is 0 Å². The molecule has 0 aliphatic carbocycles. The van der Waals surface area contributed by atoms with Gasteiger partial charge in [-0.25, -0.2) is 0 Å². The van der Waals surface area contributed by atoms with Crippen molar-refractivity contribution in [3.8, 4) is 0 Å². The van der Waals surface area contributed by atoms with Gasteiger partial charge in [-0.2, -0.15) is 5.10 Å². The Morgan fingerprint density at radius 2 is 2.29 bits per heavy atom. The summed E-state index contributed by atoms with van der Waals surface area (Å²) in [5, 5.41) is 17.0. The summed E-state index contributed by atoms with van der Waals surface area (Å²) in [5.74, 6) is 0. The Morgan fingerprint density at radius 3 is 2.82 bits per heavy atom. The quantitative estimate of drug-likeness (QED) is 0.927. The SMILES string of the molecule is Cc1nn(C)c(CC(O)Cc2cccs2)c1Cl. The highest BCUT2D eigenvalue weighted by molar-refractivity contribution is 7.09. The normalized spacial score (nSPS) is 12.9. The van der Waals surface area contributed by atoms with E-state index >= 15 is 0 Å². The van der Waals surface area contributed by atoms with Crippen molar-refractivity contribution in [2.24, 2.45) is 7.05 Å². The predicted molar refractivity (Wildman–Crippen MR) is 70.7 cm³/mol. The zero-order valence-corrected chi connectivity index (χ0v) is 11.4. The summed E-state index contributed by atoms with van der Waals surface area (Å²) in [6.07, 6.45) is 0.785. The van der Waals surface area contributed by atoms with Gasteiger partial charge in [0.15, 0.2) is 0 Å². The zero-order valence-electron chi connectivity index (χ0n) is 9.85. The van der Waals surface area contributed by atoms with Crippen LogP contribution >= 0.6 is 22.9 Å². The van der Waals surface area contributed by atoms with Crippen LogP contribution in [0.3, 0.4) is 0 Å². The number of aliphatic hydroxyl groups is 1. The van der Waals surface area contributed by atoms with Gasteiger partial charge in [0.25, 0.3) is 0 Å². The van der Waals surface area contributed by atoms with E-state index in [1.165, 1.54) is 4.88 Å². The number of aromatic nitrogens is 2. The molecule has 2 aromatic heterocycles. The molecule has 0 radical (unpaired) electrons. The second-order valence-corrected chi connectivity index (χ2v) is 5.52. The molecule has 1 N–H and O–H groups in total. The molecule has 0 saturated carbocycles. The highest BCUT2D eigenvalue weighted by Crippen LogP contribution is 2.22. The van der Waals surface area contributed by atoms with Gasteiger partial charge < -0.3 is 5.11 Å². The van der Waals surface area contributed by atoms with E-state index in [9.17, 15) is 5.11 Å². The van der Waals surface area contributed by atoms with Gasteiger partial charge >= 0.3 is 0 Å². The molecule has 1 unspecified atom stereocenters. The van der Waals surface area contributed by atoms with E-state index in [2.05, 4.69) is 5.10 Å². The fourth-order valence-corrected chi connectivity index (χ4v) is 2.87. The van der Waals surface area contributed by atoms with E-state index in [0.717, 1.165) is 11.4 Å². The largest absolute Gasteiger partial charge is 0.392 e. The predicted octanol–water partition coefficient (Wildman–Crippen LogP) is 2.59. The number of rotatable bonds is 4. The first-order chi connectivity index (χ1) is 8.08. The third-order valence-corrected chi connectivity index (χ3v) is 4.10. The maximum absolute atomic E-state index is 10.0. The van der Waals surface area contributed by atoms with E-state index < -0.39 is 6.10 Å². The summed E-state index contributed by atoms with van der Waals surface area (Å²) in [6, 6.07) is 4.03. The van der Waals surface area contributed by atoms with Gasteiger partial charge in [-0.3, -0.25) is 4.68 Å². The molecule has 0 aromatic carbocycles. The van der Waals surface area contributed by atoms with Gasteiger partial charge in [0.05, 0.1) is 22.5 Å². The molecule has 3 nitrogen and oxygen atoms in total. The van der Waals surface area contributed by atoms with Crippen LogP contribution in [0.2, 0.25) is 5.02 Å². The van der Waals surface area contributed by atoms with Crippen molar-refractivity contribution in [1.82, 2.24) is 9.78 Å². The highest BCUT2D eigenvalue weighted by Gasteiger charge is 2.15. The van der Waals surface area contributed by atoms with Crippen LogP contribution in [0.25, 0.3) is 0 Å². The van der Waals surface area contributed by atoms with E-state index in [0.29, 0.717) is 17.9 Å². The Kier molecular flexibility index (Phi) is 3.86. The number of nitrogens with zero attached hydrogens (tertiary/aromatic N) is 2. The second kappa shape index (κ2) is 5.21. The van der Waals surface area contributed by atoms with Gasteiger partial charge in [-0.1, -0.05) is 17.7 Å². The Bertz CT molecular complexity index is 493. The van der Waals surface area contributed by atoms with E-state index in [1.807, 2.05) is 31.5 Å². The Hall–Kier alpha value is -0.840. The maximum Gasteiger partial charge on any atom is 0.0847 e. The summed E-state index contributed by atoms with van der Waals surface area (Å²) in [4.78, 5) is 1.19. The zero-order chi connectivity index (χ0) is 12.4. The van der Waals surface area contributed by atoms with Crippen LogP contribution in [-0.2, 0) is 19.9 Å². The lowest BCUT2D eigenvalue weighted by Gasteiger charge is -2.10. The summed E-state index contributed by atoms with van der Waals surface area (Å²) < 4.78 is 1.75. The molecule has 2 aromatic rings. The molecule has 5 heteroatoms. The van der Waals surface area contributed by atoms with Gasteiger partial charge in [0.1, 0.15) is 0 Å². The molecule has 17 heavy (non-hydrogen) atoms. The number of aryl methyl sites for hydroxylation is 2. The van der Waals surface area contributed by atoms with Crippen LogP contribution in [-0.4, -0.2) is 21.0 Å². The fraction of sp³-hybridized carbons (Fsp3) is 0.417. The number of hydrogen-bond donors (Lipinski definition) is 1. The van der Waals surface area contributed by atoms with Crippen LogP contribution in [0, 0.1) is 6.92 Å². The smallest absolute Gasteiger partial charge is 0.0847 e. The number of halogens is 1. The molecule has 1 atom stereocenters. The summed E-state index contributed by atoms with van der Waals surface area (Å²) >= 11 is 7.81. The van der Waals surface area contributed by atoms with Crippen molar-refractivity contribution in [2.45, 2.75) is 25.9 Å². The topological polar surface area (TPSA) is 38.0 Å². The molecule has 0 fully saturated rings. The first kappa shape index (κ1) is 12.6. The van der Waals surface area contributed by atoms with Crippen molar-refractivity contribution in [1.29, 1.82) is 0 Å². The molecule has 0 aliphatic rings. The number of aliphatic hydroxyl groups excluding tert-OH is 1. The lowest BCUT2D eigenvalue weighted by molar-refractivity contribution is 0.174. The second-order valence-electron chi connectivity index (χ2n) is 4.11. The van der Waals surface area contributed by atoms with Crippen LogP contribution < -0.4 is 0 Å². The van der Waals surface area contributed by atoms with Crippen molar-refractivity contribution in [3.63, 3.8) is 0 Å². The van der Waals surface area contributed by atoms with Crippen molar-refractivity contribution in [3.05, 3.63) is 38.8 Å². The molecular weight excluding hydrogens is 256 g/mol. The molecule has 0 bridgehead atoms. The maximum atomic E-state index is 10.0. The number of thiophene rings is 1. The lowest BCUT2D eigenvalue weighted by atomic mass is 10.1. The standard InChI is InChI=1S/C12H15ClN2OS/c1-8-12(13)11(15(2)14-8)7-9(16)6-10-4-3-5-17-10/h3-5,9,16H,6-7H2,1-2H3. The van der Waals surface area contributed by atoms with Crippen LogP contribution in [0.4, 0.5) is 0 Å². The fourth-order valence-electron chi connectivity index (χ4n) is 1.86. The van der Waals surface area contributed by atoms with Crippen molar-refractivity contribution in [2.75, 3.05) is 0 Å². The Labute approximate surface area is 110 Å². The number of hydrogen-bond acceptors (Lipinski definition) is 3. The van der Waals surface area contributed by atoms with E-state index in [1.54, 1.807) is 16.0 Å². The monoisotopic (exact) mass is 270 g/mol. The first-order valence-electron chi connectivity index (χ1n) is 5.46. The third kappa shape index (κ3) is 2.89. The van der Waals surface area contributed by atoms with Gasteiger partial charge in [-0.15, -0.1) is 11.3 Å². The Balaban J connectivity index is 2.05. The molecule has 92 valence electrons. The minimum absolute atomic E-state index is 0.416. The Morgan fingerprint density at radius 1 is 1.53 bits per heavy atom. The van der Waals surface area contributed by atoms with E-state index in [-0.39, 0.29) is 0 Å². The molecule has 0 saturated heterocycles. The lowest BCUT2D eigenvalue weighted by Crippen LogP contribution is -2.15. The van der Waals surface area contributed by atoms with Crippen molar-refractivity contribution < 1.29 is 5.11 Å². The average molecular weight is 271 g/mol. The minimum atomic E-state index is -0.416. The highest BCUT2D eigenvalue weighted by atomic mass is 35.5. The summed E-state index contributed by atoms with van der Waals surface area (Å²) in [5.41, 5.74) is 1.71. The van der Waals surface area contributed by atoms with Crippen LogP contribution in [0.15, 0.2) is 17.5 Å². The summed E-state index contributed by atoms with van der Waals surface area (Å²) in [6.45, 7) is 1.87. The van der Waals surface area contributed by atoms with E-state index in [4.69, 9.17) is 11.6 Å². The van der Waals surface area contributed by atoms with Crippen molar-refractivity contribution >= 4 is 22.9 Å². The molecule has 0 spiro atoms. The minimum Gasteiger partial charge on any atom is -0.392 e. The van der Waals surface area contributed by atoms with Gasteiger partial charge in [0, 0.05) is 24.8 Å². The average Bonchev–Trinajstić information content (AvgIpc) is 2.83.